The Bertz CT molecular complexity index is 1290. The lowest BCUT2D eigenvalue weighted by molar-refractivity contribution is -0.140. The molecule has 8 heteroatoms. The van der Waals surface area contributed by atoms with Gasteiger partial charge < -0.3 is 24.5 Å². The van der Waals surface area contributed by atoms with E-state index in [4.69, 9.17) is 9.15 Å². The highest BCUT2D eigenvalue weighted by Crippen LogP contribution is 2.36. The van der Waals surface area contributed by atoms with Gasteiger partial charge in [-0.25, -0.2) is 9.78 Å². The van der Waals surface area contributed by atoms with E-state index in [-0.39, 0.29) is 11.4 Å². The number of para-hydroxylation sites is 3. The predicted octanol–water partition coefficient (Wildman–Crippen LogP) is 1.69. The normalized spacial score (nSPS) is 24.6. The molecule has 5 rings (SSSR count). The molecular weight excluding hydrogens is 376 g/mol. The van der Waals surface area contributed by atoms with E-state index in [0.717, 1.165) is 5.39 Å². The molecule has 29 heavy (non-hydrogen) atoms. The van der Waals surface area contributed by atoms with Crippen LogP contribution in [0.25, 0.3) is 33.4 Å². The van der Waals surface area contributed by atoms with E-state index in [1.54, 1.807) is 43.3 Å². The number of hydrogen-bond donors (Lipinski definition) is 3. The van der Waals surface area contributed by atoms with E-state index in [0.29, 0.717) is 22.2 Å². The summed E-state index contributed by atoms with van der Waals surface area (Å²) in [4.78, 5) is 17.5. The van der Waals surface area contributed by atoms with Crippen molar-refractivity contribution in [2.24, 2.45) is 0 Å². The molecule has 2 aromatic heterocycles. The summed E-state index contributed by atoms with van der Waals surface area (Å²) >= 11 is 0. The minimum atomic E-state index is -1.56. The van der Waals surface area contributed by atoms with Gasteiger partial charge in [-0.3, -0.25) is 4.57 Å². The second-order valence-corrected chi connectivity index (χ2v) is 7.08. The van der Waals surface area contributed by atoms with Crippen LogP contribution in [0.1, 0.15) is 11.8 Å². The average Bonchev–Trinajstić information content (AvgIpc) is 3.20. The third-order valence-electron chi connectivity index (χ3n) is 5.36. The summed E-state index contributed by atoms with van der Waals surface area (Å²) in [5.74, 6) is 0.230. The van der Waals surface area contributed by atoms with Crippen molar-refractivity contribution in [2.45, 2.75) is 31.6 Å². The zero-order valence-electron chi connectivity index (χ0n) is 15.4. The molecule has 3 heterocycles. The molecule has 1 aliphatic heterocycles. The maximum absolute atomic E-state index is 12.9. The van der Waals surface area contributed by atoms with Gasteiger partial charge in [-0.2, -0.15) is 0 Å². The molecule has 1 aliphatic rings. The van der Waals surface area contributed by atoms with Crippen molar-refractivity contribution in [3.8, 4) is 11.4 Å². The summed E-state index contributed by atoms with van der Waals surface area (Å²) in [6.45, 7) is 1.80. The van der Waals surface area contributed by atoms with Crippen molar-refractivity contribution < 1.29 is 24.5 Å². The van der Waals surface area contributed by atoms with Crippen LogP contribution in [0.5, 0.6) is 0 Å². The molecule has 8 nitrogen and oxygen atoms in total. The maximum atomic E-state index is 12.9. The molecule has 0 amide bonds. The predicted molar refractivity (Wildman–Crippen MR) is 104 cm³/mol. The van der Waals surface area contributed by atoms with Crippen molar-refractivity contribution in [2.75, 3.05) is 0 Å². The van der Waals surface area contributed by atoms with Gasteiger partial charge in [-0.15, -0.1) is 0 Å². The number of benzene rings is 2. The highest BCUT2D eigenvalue weighted by Gasteiger charge is 2.44. The summed E-state index contributed by atoms with van der Waals surface area (Å²) in [7, 11) is 0. The third kappa shape index (κ3) is 2.61. The number of imidazole rings is 1. The minimum absolute atomic E-state index is 0.228. The smallest absolute Gasteiger partial charge is 0.347 e. The van der Waals surface area contributed by atoms with Crippen LogP contribution in [-0.2, 0) is 4.74 Å². The van der Waals surface area contributed by atoms with Gasteiger partial charge >= 0.3 is 5.63 Å². The molecule has 0 aliphatic carbocycles. The Hall–Kier alpha value is -3.04. The van der Waals surface area contributed by atoms with Crippen molar-refractivity contribution in [3.63, 3.8) is 0 Å². The summed E-state index contributed by atoms with van der Waals surface area (Å²) < 4.78 is 12.4. The van der Waals surface area contributed by atoms with E-state index >= 15 is 0 Å². The van der Waals surface area contributed by atoms with Crippen LogP contribution in [0.15, 0.2) is 57.7 Å². The highest BCUT2D eigenvalue weighted by molar-refractivity contribution is 5.88. The average molecular weight is 394 g/mol. The number of hydrogen-bond acceptors (Lipinski definition) is 7. The lowest BCUT2D eigenvalue weighted by atomic mass is 10.1. The standard InChI is InChI=1S/C21H18N2O6/c1-10-11-6-2-5-9-14(11)28-20(26)15(10)18-22-12-7-3-4-8-13(12)23(18)19-16(24)17(25)21(27)29-19/h2-9,16-17,19,21,24-25,27H,1H3/t16-,17+,19-,21+/m1/s1. The molecule has 4 atom stereocenters. The van der Waals surface area contributed by atoms with Gasteiger partial charge in [0.25, 0.3) is 0 Å². The Balaban J connectivity index is 1.84. The van der Waals surface area contributed by atoms with Gasteiger partial charge in [0.1, 0.15) is 23.4 Å². The highest BCUT2D eigenvalue weighted by atomic mass is 16.7. The number of aliphatic hydroxyl groups is 3. The van der Waals surface area contributed by atoms with Gasteiger partial charge in [0.15, 0.2) is 18.3 Å². The summed E-state index contributed by atoms with van der Waals surface area (Å²) in [5, 5.41) is 31.1. The fourth-order valence-electron chi connectivity index (χ4n) is 3.90. The maximum Gasteiger partial charge on any atom is 0.347 e. The molecular formula is C21H18N2O6. The zero-order valence-corrected chi connectivity index (χ0v) is 15.4. The number of aromatic nitrogens is 2. The van der Waals surface area contributed by atoms with E-state index in [2.05, 4.69) is 4.98 Å². The van der Waals surface area contributed by atoms with Gasteiger partial charge in [-0.1, -0.05) is 30.3 Å². The number of rotatable bonds is 2. The number of aliphatic hydroxyl groups excluding tert-OH is 3. The SMILES string of the molecule is Cc1c(-c2nc3ccccc3n2[C@@H]2O[C@H](O)[C@@H](O)[C@H]2O)c(=O)oc2ccccc12. The molecule has 0 unspecified atom stereocenters. The minimum Gasteiger partial charge on any atom is -0.422 e. The van der Waals surface area contributed by atoms with Gasteiger partial charge in [0.05, 0.1) is 11.0 Å². The van der Waals surface area contributed by atoms with Crippen LogP contribution in [0.2, 0.25) is 0 Å². The molecule has 1 saturated heterocycles. The first kappa shape index (κ1) is 18.0. The molecule has 3 N–H and O–H groups in total. The zero-order chi connectivity index (χ0) is 20.3. The van der Waals surface area contributed by atoms with Crippen LogP contribution in [0.3, 0.4) is 0 Å². The van der Waals surface area contributed by atoms with Crippen LogP contribution in [0, 0.1) is 6.92 Å². The summed E-state index contributed by atoms with van der Waals surface area (Å²) in [6, 6.07) is 14.3. The summed E-state index contributed by atoms with van der Waals surface area (Å²) in [5.41, 5.74) is 1.94. The van der Waals surface area contributed by atoms with Gasteiger partial charge in [-0.05, 0) is 30.7 Å². The van der Waals surface area contributed by atoms with Crippen LogP contribution >= 0.6 is 0 Å². The van der Waals surface area contributed by atoms with Crippen LogP contribution < -0.4 is 5.63 Å². The van der Waals surface area contributed by atoms with Crippen LogP contribution in [0.4, 0.5) is 0 Å². The Labute approximate surface area is 164 Å². The monoisotopic (exact) mass is 394 g/mol. The lowest BCUT2D eigenvalue weighted by Crippen LogP contribution is -2.31. The lowest BCUT2D eigenvalue weighted by Gasteiger charge is -2.20. The first-order chi connectivity index (χ1) is 14.0. The molecule has 0 saturated carbocycles. The topological polar surface area (TPSA) is 118 Å². The van der Waals surface area contributed by atoms with E-state index in [9.17, 15) is 20.1 Å². The largest absolute Gasteiger partial charge is 0.422 e. The fourth-order valence-corrected chi connectivity index (χ4v) is 3.90. The second-order valence-electron chi connectivity index (χ2n) is 7.08. The van der Waals surface area contributed by atoms with E-state index < -0.39 is 30.4 Å². The Morgan fingerprint density at radius 3 is 2.48 bits per heavy atom. The second kappa shape index (κ2) is 6.50. The third-order valence-corrected chi connectivity index (χ3v) is 5.36. The van der Waals surface area contributed by atoms with Crippen molar-refractivity contribution in [3.05, 3.63) is 64.5 Å². The van der Waals surface area contributed by atoms with Crippen molar-refractivity contribution in [1.82, 2.24) is 9.55 Å². The Morgan fingerprint density at radius 1 is 1.00 bits per heavy atom. The first-order valence-electron chi connectivity index (χ1n) is 9.17. The Morgan fingerprint density at radius 2 is 1.72 bits per heavy atom. The molecule has 4 aromatic rings. The fraction of sp³-hybridized carbons (Fsp3) is 0.238. The Kier molecular flexibility index (Phi) is 4.04. The van der Waals surface area contributed by atoms with E-state index in [1.165, 1.54) is 4.57 Å². The van der Waals surface area contributed by atoms with Crippen molar-refractivity contribution >= 4 is 22.0 Å². The molecule has 0 radical (unpaired) electrons. The van der Waals surface area contributed by atoms with Crippen LogP contribution in [-0.4, -0.2) is 43.4 Å². The molecule has 2 aromatic carbocycles. The van der Waals surface area contributed by atoms with Gasteiger partial charge in [0.2, 0.25) is 0 Å². The van der Waals surface area contributed by atoms with Crippen molar-refractivity contribution in [1.29, 1.82) is 0 Å². The quantitative estimate of drug-likeness (QED) is 0.443. The number of nitrogens with zero attached hydrogens (tertiary/aromatic N) is 2. The molecule has 1 fully saturated rings. The molecule has 148 valence electrons. The molecule has 0 spiro atoms. The summed E-state index contributed by atoms with van der Waals surface area (Å²) in [6.07, 6.45) is -5.58. The van der Waals surface area contributed by atoms with Gasteiger partial charge in [0, 0.05) is 5.39 Å². The van der Waals surface area contributed by atoms with E-state index in [1.807, 2.05) is 12.1 Å². The number of ether oxygens (including phenoxy) is 1. The number of aryl methyl sites for hydroxylation is 1. The molecule has 0 bridgehead atoms. The number of fused-ring (bicyclic) bond motifs is 2. The first-order valence-corrected chi connectivity index (χ1v) is 9.17.